The molecular formula is C21H22N4O2S2. The Morgan fingerprint density at radius 2 is 1.93 bits per heavy atom. The number of hydrogen-bond acceptors (Lipinski definition) is 6. The van der Waals surface area contributed by atoms with Crippen molar-refractivity contribution in [3.8, 4) is 10.6 Å². The molecule has 3 heterocycles. The van der Waals surface area contributed by atoms with Crippen molar-refractivity contribution in [2.45, 2.75) is 32.6 Å². The zero-order valence-electron chi connectivity index (χ0n) is 16.2. The van der Waals surface area contributed by atoms with Gasteiger partial charge in [-0.1, -0.05) is 29.8 Å². The molecule has 1 aromatic carbocycles. The number of aromatic nitrogens is 2. The van der Waals surface area contributed by atoms with Gasteiger partial charge >= 0.3 is 0 Å². The van der Waals surface area contributed by atoms with E-state index in [2.05, 4.69) is 46.5 Å². The summed E-state index contributed by atoms with van der Waals surface area (Å²) in [4.78, 5) is 34.8. The quantitative estimate of drug-likeness (QED) is 0.626. The lowest BCUT2D eigenvalue weighted by Gasteiger charge is -2.10. The van der Waals surface area contributed by atoms with E-state index in [0.29, 0.717) is 30.2 Å². The topological polar surface area (TPSA) is 75.2 Å². The second-order valence-electron chi connectivity index (χ2n) is 7.06. The third kappa shape index (κ3) is 4.89. The molecule has 0 bridgehead atoms. The molecule has 1 fully saturated rings. The SMILES string of the molecule is Cc1ccc(-c2nc(CCNC(=O)Cc3csc(N4CCCC4=O)n3)cs2)cc1. The minimum absolute atomic E-state index is 0.0661. The third-order valence-electron chi connectivity index (χ3n) is 4.74. The van der Waals surface area contributed by atoms with Gasteiger partial charge in [-0.05, 0) is 13.3 Å². The van der Waals surface area contributed by atoms with Crippen molar-refractivity contribution in [1.82, 2.24) is 15.3 Å². The number of nitrogens with zero attached hydrogens (tertiary/aromatic N) is 3. The Morgan fingerprint density at radius 1 is 1.14 bits per heavy atom. The van der Waals surface area contributed by atoms with Crippen LogP contribution in [0.15, 0.2) is 35.0 Å². The molecular weight excluding hydrogens is 404 g/mol. The summed E-state index contributed by atoms with van der Waals surface area (Å²) in [5, 5.41) is 8.53. The van der Waals surface area contributed by atoms with Crippen molar-refractivity contribution in [2.75, 3.05) is 18.0 Å². The molecule has 0 radical (unpaired) electrons. The van der Waals surface area contributed by atoms with Gasteiger partial charge in [0.2, 0.25) is 11.8 Å². The van der Waals surface area contributed by atoms with Crippen LogP contribution in [0.3, 0.4) is 0 Å². The van der Waals surface area contributed by atoms with Crippen LogP contribution in [0.5, 0.6) is 0 Å². The molecule has 8 heteroatoms. The van der Waals surface area contributed by atoms with Crippen LogP contribution in [0, 0.1) is 6.92 Å². The molecule has 150 valence electrons. The van der Waals surface area contributed by atoms with Crippen LogP contribution in [0.4, 0.5) is 5.13 Å². The van der Waals surface area contributed by atoms with E-state index >= 15 is 0 Å². The van der Waals surface area contributed by atoms with E-state index in [0.717, 1.165) is 29.2 Å². The van der Waals surface area contributed by atoms with E-state index < -0.39 is 0 Å². The first-order chi connectivity index (χ1) is 14.1. The van der Waals surface area contributed by atoms with Crippen molar-refractivity contribution in [3.05, 3.63) is 52.0 Å². The van der Waals surface area contributed by atoms with Crippen LogP contribution in [0.2, 0.25) is 0 Å². The molecule has 0 aliphatic carbocycles. The summed E-state index contributed by atoms with van der Waals surface area (Å²) < 4.78 is 0. The average molecular weight is 427 g/mol. The minimum Gasteiger partial charge on any atom is -0.355 e. The largest absolute Gasteiger partial charge is 0.355 e. The molecule has 1 saturated heterocycles. The number of carbonyl (C=O) groups excluding carboxylic acids is 2. The highest BCUT2D eigenvalue weighted by Crippen LogP contribution is 2.26. The van der Waals surface area contributed by atoms with E-state index in [9.17, 15) is 9.59 Å². The Morgan fingerprint density at radius 3 is 2.69 bits per heavy atom. The monoisotopic (exact) mass is 426 g/mol. The maximum Gasteiger partial charge on any atom is 0.228 e. The molecule has 1 aliphatic rings. The van der Waals surface area contributed by atoms with Gasteiger partial charge in [0, 0.05) is 42.3 Å². The Labute approximate surface area is 177 Å². The zero-order valence-corrected chi connectivity index (χ0v) is 17.8. The van der Waals surface area contributed by atoms with E-state index in [4.69, 9.17) is 0 Å². The van der Waals surface area contributed by atoms with Crippen LogP contribution >= 0.6 is 22.7 Å². The number of rotatable bonds is 7. The number of carbonyl (C=O) groups is 2. The number of nitrogens with one attached hydrogen (secondary N) is 1. The van der Waals surface area contributed by atoms with Crippen LogP contribution in [-0.2, 0) is 22.4 Å². The molecule has 29 heavy (non-hydrogen) atoms. The standard InChI is InChI=1S/C21H22N4O2S2/c1-14-4-6-15(7-5-14)20-23-16(12-28-20)8-9-22-18(26)11-17-13-29-21(24-17)25-10-2-3-19(25)27/h4-7,12-13H,2-3,8-11H2,1H3,(H,22,26). The first-order valence-corrected chi connectivity index (χ1v) is 11.4. The zero-order chi connectivity index (χ0) is 20.2. The van der Waals surface area contributed by atoms with Crippen LogP contribution in [-0.4, -0.2) is 34.9 Å². The normalized spacial score (nSPS) is 13.8. The molecule has 1 aliphatic heterocycles. The molecule has 1 N–H and O–H groups in total. The molecule has 0 spiro atoms. The molecule has 4 rings (SSSR count). The third-order valence-corrected chi connectivity index (χ3v) is 6.59. The maximum atomic E-state index is 12.2. The fourth-order valence-corrected chi connectivity index (χ4v) is 4.89. The first kappa shape index (κ1) is 19.7. The number of thiazole rings is 2. The number of hydrogen-bond donors (Lipinski definition) is 1. The van der Waals surface area contributed by atoms with Crippen LogP contribution < -0.4 is 10.2 Å². The number of anilines is 1. The van der Waals surface area contributed by atoms with Crippen LogP contribution in [0.1, 0.15) is 29.8 Å². The van der Waals surface area contributed by atoms with Crippen molar-refractivity contribution in [1.29, 1.82) is 0 Å². The first-order valence-electron chi connectivity index (χ1n) is 9.61. The second-order valence-corrected chi connectivity index (χ2v) is 8.75. The van der Waals surface area contributed by atoms with Crippen molar-refractivity contribution >= 4 is 39.6 Å². The molecule has 2 amide bonds. The smallest absolute Gasteiger partial charge is 0.228 e. The van der Waals surface area contributed by atoms with Crippen molar-refractivity contribution < 1.29 is 9.59 Å². The van der Waals surface area contributed by atoms with Gasteiger partial charge in [-0.15, -0.1) is 22.7 Å². The molecule has 6 nitrogen and oxygen atoms in total. The Bertz CT molecular complexity index is 1010. The summed E-state index contributed by atoms with van der Waals surface area (Å²) in [6.07, 6.45) is 2.37. The second kappa shape index (κ2) is 8.84. The van der Waals surface area contributed by atoms with Gasteiger partial charge in [-0.25, -0.2) is 9.97 Å². The lowest BCUT2D eigenvalue weighted by molar-refractivity contribution is -0.120. The highest BCUT2D eigenvalue weighted by atomic mass is 32.1. The number of amides is 2. The van der Waals surface area contributed by atoms with Gasteiger partial charge in [0.1, 0.15) is 5.01 Å². The Kier molecular flexibility index (Phi) is 6.01. The summed E-state index contributed by atoms with van der Waals surface area (Å²) >= 11 is 3.04. The molecule has 0 saturated carbocycles. The van der Waals surface area contributed by atoms with Crippen LogP contribution in [0.25, 0.3) is 10.6 Å². The van der Waals surface area contributed by atoms with E-state index in [1.165, 1.54) is 16.9 Å². The lowest BCUT2D eigenvalue weighted by Crippen LogP contribution is -2.27. The van der Waals surface area contributed by atoms with E-state index in [1.807, 2.05) is 10.8 Å². The fourth-order valence-electron chi connectivity index (χ4n) is 3.16. The summed E-state index contributed by atoms with van der Waals surface area (Å²) in [5.41, 5.74) is 4.03. The van der Waals surface area contributed by atoms with Gasteiger partial charge < -0.3 is 5.32 Å². The minimum atomic E-state index is -0.0661. The summed E-state index contributed by atoms with van der Waals surface area (Å²) in [7, 11) is 0. The van der Waals surface area contributed by atoms with Gasteiger partial charge in [0.15, 0.2) is 5.13 Å². The molecule has 2 aromatic heterocycles. The summed E-state index contributed by atoms with van der Waals surface area (Å²) in [6.45, 7) is 3.33. The van der Waals surface area contributed by atoms with Gasteiger partial charge in [0.05, 0.1) is 17.8 Å². The predicted octanol–water partition coefficient (Wildman–Crippen LogP) is 3.60. The number of benzene rings is 1. The fraction of sp³-hybridized carbons (Fsp3) is 0.333. The Balaban J connectivity index is 1.25. The lowest BCUT2D eigenvalue weighted by atomic mass is 10.2. The Hall–Kier alpha value is -2.58. The average Bonchev–Trinajstić information content (AvgIpc) is 3.44. The summed E-state index contributed by atoms with van der Waals surface area (Å²) in [6, 6.07) is 8.33. The van der Waals surface area contributed by atoms with Crippen molar-refractivity contribution in [3.63, 3.8) is 0 Å². The van der Waals surface area contributed by atoms with Crippen molar-refractivity contribution in [2.24, 2.45) is 0 Å². The molecule has 0 unspecified atom stereocenters. The van der Waals surface area contributed by atoms with E-state index in [1.54, 1.807) is 16.2 Å². The molecule has 3 aromatic rings. The summed E-state index contributed by atoms with van der Waals surface area (Å²) in [5.74, 6) is 0.0483. The van der Waals surface area contributed by atoms with Gasteiger partial charge in [-0.2, -0.15) is 0 Å². The van der Waals surface area contributed by atoms with Gasteiger partial charge in [-0.3, -0.25) is 14.5 Å². The highest BCUT2D eigenvalue weighted by molar-refractivity contribution is 7.14. The number of aryl methyl sites for hydroxylation is 1. The molecule has 0 atom stereocenters. The highest BCUT2D eigenvalue weighted by Gasteiger charge is 2.24. The van der Waals surface area contributed by atoms with E-state index in [-0.39, 0.29) is 18.2 Å². The predicted molar refractivity (Wildman–Crippen MR) is 116 cm³/mol. The van der Waals surface area contributed by atoms with Gasteiger partial charge in [0.25, 0.3) is 0 Å². The maximum absolute atomic E-state index is 12.2.